The van der Waals surface area contributed by atoms with Crippen molar-refractivity contribution in [3.63, 3.8) is 0 Å². The average Bonchev–Trinajstić information content (AvgIpc) is 3.20. The van der Waals surface area contributed by atoms with Gasteiger partial charge in [-0.25, -0.2) is 4.39 Å². The summed E-state index contributed by atoms with van der Waals surface area (Å²) in [6.07, 6.45) is -4.57. The predicted molar refractivity (Wildman–Crippen MR) is 135 cm³/mol. The van der Waals surface area contributed by atoms with Crippen molar-refractivity contribution in [1.29, 1.82) is 0 Å². The number of nitrogens with zero attached hydrogens (tertiary/aromatic N) is 1. The SMILES string of the molecule is CC(C(C(=O)Nc1cccc(CCC(=O)O)c1)c1ccc(CN2Cc3c(F)cccc3C2=O)cc1)C(F)(F)F. The highest BCUT2D eigenvalue weighted by Gasteiger charge is 2.45. The Morgan fingerprint density at radius 3 is 2.36 bits per heavy atom. The number of anilines is 1. The first-order valence-electron chi connectivity index (χ1n) is 12.3. The molecule has 2 amide bonds. The summed E-state index contributed by atoms with van der Waals surface area (Å²) >= 11 is 0. The largest absolute Gasteiger partial charge is 0.481 e. The van der Waals surface area contributed by atoms with Crippen molar-refractivity contribution >= 4 is 23.5 Å². The van der Waals surface area contributed by atoms with Crippen LogP contribution in [0, 0.1) is 11.7 Å². The second kappa shape index (κ2) is 11.3. The number of aliphatic carboxylic acids is 1. The number of rotatable bonds is 9. The quantitative estimate of drug-likeness (QED) is 0.329. The Hall–Kier alpha value is -4.21. The molecule has 2 N–H and O–H groups in total. The minimum Gasteiger partial charge on any atom is -0.481 e. The Morgan fingerprint density at radius 2 is 1.72 bits per heavy atom. The topological polar surface area (TPSA) is 86.7 Å². The van der Waals surface area contributed by atoms with Crippen molar-refractivity contribution < 1.29 is 37.1 Å². The standard InChI is InChI=1S/C29H26F4N2O4/c1-17(29(31,32)33)26(27(38)34-21-5-2-4-18(14-21)10-13-25(36)37)20-11-8-19(9-12-20)15-35-16-23-22(28(35)39)6-3-7-24(23)30/h2-9,11-12,14,17,26H,10,13,15-16H2,1H3,(H,34,38)(H,36,37). The van der Waals surface area contributed by atoms with Crippen LogP contribution in [0.3, 0.4) is 0 Å². The molecule has 1 aliphatic rings. The van der Waals surface area contributed by atoms with Crippen LogP contribution in [-0.2, 0) is 29.1 Å². The fraction of sp³-hybridized carbons (Fsp3) is 0.276. The van der Waals surface area contributed by atoms with Crippen molar-refractivity contribution in [2.75, 3.05) is 5.32 Å². The molecule has 0 fully saturated rings. The number of nitrogens with one attached hydrogen (secondary N) is 1. The fourth-order valence-corrected chi connectivity index (χ4v) is 4.66. The molecule has 0 aliphatic carbocycles. The average molecular weight is 543 g/mol. The number of hydrogen-bond acceptors (Lipinski definition) is 3. The van der Waals surface area contributed by atoms with Crippen LogP contribution in [-0.4, -0.2) is 34.0 Å². The van der Waals surface area contributed by atoms with E-state index in [1.807, 2.05) is 0 Å². The molecule has 0 saturated heterocycles. The number of carboxylic acid groups (broad SMARTS) is 1. The molecule has 0 aromatic heterocycles. The van der Waals surface area contributed by atoms with E-state index in [0.717, 1.165) is 6.92 Å². The number of carboxylic acids is 1. The molecule has 0 saturated carbocycles. The molecular weight excluding hydrogens is 516 g/mol. The van der Waals surface area contributed by atoms with Crippen LogP contribution in [0.15, 0.2) is 66.7 Å². The first kappa shape index (κ1) is 27.8. The summed E-state index contributed by atoms with van der Waals surface area (Å²) in [7, 11) is 0. The molecule has 39 heavy (non-hydrogen) atoms. The van der Waals surface area contributed by atoms with Crippen LogP contribution in [0.5, 0.6) is 0 Å². The normalized spacial score (nSPS) is 14.6. The summed E-state index contributed by atoms with van der Waals surface area (Å²) in [6.45, 7) is 1.16. The van der Waals surface area contributed by atoms with Gasteiger partial charge in [-0.1, -0.05) is 49.4 Å². The zero-order chi connectivity index (χ0) is 28.3. The maximum absolute atomic E-state index is 14.1. The molecule has 0 radical (unpaired) electrons. The number of fused-ring (bicyclic) bond motifs is 1. The molecule has 1 heterocycles. The second-order valence-electron chi connectivity index (χ2n) is 9.56. The molecule has 3 aromatic rings. The Morgan fingerprint density at radius 1 is 1.03 bits per heavy atom. The summed E-state index contributed by atoms with van der Waals surface area (Å²) in [5.74, 6) is -6.21. The van der Waals surface area contributed by atoms with E-state index in [4.69, 9.17) is 5.11 Å². The minimum atomic E-state index is -4.65. The highest BCUT2D eigenvalue weighted by Crippen LogP contribution is 2.38. The van der Waals surface area contributed by atoms with Gasteiger partial charge in [-0.2, -0.15) is 13.2 Å². The summed E-state index contributed by atoms with van der Waals surface area (Å²) in [5, 5.41) is 11.4. The number of hydrogen-bond donors (Lipinski definition) is 2. The molecule has 2 unspecified atom stereocenters. The lowest BCUT2D eigenvalue weighted by atomic mass is 9.85. The van der Waals surface area contributed by atoms with E-state index < -0.39 is 35.7 Å². The second-order valence-corrected chi connectivity index (χ2v) is 9.56. The van der Waals surface area contributed by atoms with Gasteiger partial charge < -0.3 is 15.3 Å². The molecule has 3 aromatic carbocycles. The zero-order valence-corrected chi connectivity index (χ0v) is 21.0. The smallest absolute Gasteiger partial charge is 0.392 e. The number of amides is 2. The van der Waals surface area contributed by atoms with Crippen LogP contribution in [0.2, 0.25) is 0 Å². The van der Waals surface area contributed by atoms with Gasteiger partial charge >= 0.3 is 12.1 Å². The Kier molecular flexibility index (Phi) is 8.03. The van der Waals surface area contributed by atoms with Crippen molar-refractivity contribution in [2.24, 2.45) is 5.92 Å². The zero-order valence-electron chi connectivity index (χ0n) is 21.0. The highest BCUT2D eigenvalue weighted by atomic mass is 19.4. The molecule has 6 nitrogen and oxygen atoms in total. The summed E-state index contributed by atoms with van der Waals surface area (Å²) in [6, 6.07) is 16.6. The molecule has 2 atom stereocenters. The summed E-state index contributed by atoms with van der Waals surface area (Å²) in [4.78, 5) is 38.1. The first-order valence-corrected chi connectivity index (χ1v) is 12.3. The van der Waals surface area contributed by atoms with Crippen LogP contribution in [0.4, 0.5) is 23.2 Å². The number of alkyl halides is 3. The molecule has 0 spiro atoms. The van der Waals surface area contributed by atoms with Gasteiger partial charge in [0.15, 0.2) is 0 Å². The predicted octanol–water partition coefficient (Wildman–Crippen LogP) is 5.92. The maximum Gasteiger partial charge on any atom is 0.392 e. The lowest BCUT2D eigenvalue weighted by Crippen LogP contribution is -2.34. The molecular formula is C29H26F4N2O4. The van der Waals surface area contributed by atoms with Gasteiger partial charge in [0.25, 0.3) is 5.91 Å². The van der Waals surface area contributed by atoms with Crippen molar-refractivity contribution in [2.45, 2.75) is 44.9 Å². The Bertz CT molecular complexity index is 1390. The third-order valence-corrected chi connectivity index (χ3v) is 6.82. The molecule has 204 valence electrons. The third-order valence-electron chi connectivity index (χ3n) is 6.82. The van der Waals surface area contributed by atoms with E-state index in [1.54, 1.807) is 30.3 Å². The monoisotopic (exact) mass is 542 g/mol. The molecule has 1 aliphatic heterocycles. The first-order chi connectivity index (χ1) is 18.4. The number of benzene rings is 3. The summed E-state index contributed by atoms with van der Waals surface area (Å²) < 4.78 is 55.4. The van der Waals surface area contributed by atoms with Crippen molar-refractivity contribution in [1.82, 2.24) is 4.90 Å². The number of carbonyl (C=O) groups is 3. The fourth-order valence-electron chi connectivity index (χ4n) is 4.66. The molecule has 10 heteroatoms. The van der Waals surface area contributed by atoms with E-state index in [-0.39, 0.29) is 48.7 Å². The lowest BCUT2D eigenvalue weighted by Gasteiger charge is -2.26. The Balaban J connectivity index is 1.52. The maximum atomic E-state index is 14.1. The van der Waals surface area contributed by atoms with Crippen molar-refractivity contribution in [3.8, 4) is 0 Å². The van der Waals surface area contributed by atoms with Gasteiger partial charge in [-0.05, 0) is 47.4 Å². The van der Waals surface area contributed by atoms with Crippen LogP contribution in [0.25, 0.3) is 0 Å². The van der Waals surface area contributed by atoms with E-state index in [0.29, 0.717) is 16.7 Å². The van der Waals surface area contributed by atoms with Gasteiger partial charge in [0, 0.05) is 29.8 Å². The number of aryl methyl sites for hydroxylation is 1. The van der Waals surface area contributed by atoms with Gasteiger partial charge in [0.05, 0.1) is 18.4 Å². The summed E-state index contributed by atoms with van der Waals surface area (Å²) in [5.41, 5.74) is 2.24. The minimum absolute atomic E-state index is 0.0876. The van der Waals surface area contributed by atoms with Crippen LogP contribution in [0.1, 0.15) is 51.9 Å². The van der Waals surface area contributed by atoms with Crippen LogP contribution < -0.4 is 5.32 Å². The van der Waals surface area contributed by atoms with E-state index in [9.17, 15) is 31.9 Å². The highest BCUT2D eigenvalue weighted by molar-refractivity contribution is 5.98. The van der Waals surface area contributed by atoms with Gasteiger partial charge in [-0.3, -0.25) is 14.4 Å². The van der Waals surface area contributed by atoms with Gasteiger partial charge in [-0.15, -0.1) is 0 Å². The third kappa shape index (κ3) is 6.45. The lowest BCUT2D eigenvalue weighted by molar-refractivity contribution is -0.178. The number of carbonyl (C=O) groups excluding carboxylic acids is 2. The molecule has 4 rings (SSSR count). The van der Waals surface area contributed by atoms with Crippen molar-refractivity contribution in [3.05, 3.63) is 100 Å². The van der Waals surface area contributed by atoms with Gasteiger partial charge in [0.1, 0.15) is 5.82 Å². The van der Waals surface area contributed by atoms with E-state index >= 15 is 0 Å². The molecule has 0 bridgehead atoms. The van der Waals surface area contributed by atoms with Crippen LogP contribution >= 0.6 is 0 Å². The van der Waals surface area contributed by atoms with E-state index in [2.05, 4.69) is 5.32 Å². The number of halogens is 4. The van der Waals surface area contributed by atoms with E-state index in [1.165, 1.54) is 41.3 Å². The van der Waals surface area contributed by atoms with Gasteiger partial charge in [0.2, 0.25) is 5.91 Å². The Labute approximate surface area is 222 Å².